The molecule has 1 heterocycles. The Morgan fingerprint density at radius 2 is 1.79 bits per heavy atom. The molecule has 2 atom stereocenters. The van der Waals surface area contributed by atoms with E-state index in [4.69, 9.17) is 0 Å². The van der Waals surface area contributed by atoms with Crippen LogP contribution in [0.1, 0.15) is 44.9 Å². The molecule has 1 amide bonds. The lowest BCUT2D eigenvalue weighted by molar-refractivity contribution is -0.136. The Kier molecular flexibility index (Phi) is 1.84. The number of piperazine rings is 1. The van der Waals surface area contributed by atoms with Gasteiger partial charge in [0.2, 0.25) is 5.91 Å². The van der Waals surface area contributed by atoms with Crippen molar-refractivity contribution < 1.29 is 4.79 Å². The fraction of sp³-hybridized carbons (Fsp3) is 0.909. The number of fused-ring (bicyclic) bond motifs is 1. The van der Waals surface area contributed by atoms with E-state index in [0.717, 1.165) is 12.8 Å². The quantitative estimate of drug-likeness (QED) is 0.602. The van der Waals surface area contributed by atoms with Crippen LogP contribution in [0.15, 0.2) is 0 Å². The van der Waals surface area contributed by atoms with Gasteiger partial charge in [0.25, 0.3) is 0 Å². The van der Waals surface area contributed by atoms with E-state index in [1.54, 1.807) is 0 Å². The summed E-state index contributed by atoms with van der Waals surface area (Å²) in [5.41, 5.74) is -0.154. The molecule has 1 saturated heterocycles. The number of carbonyl (C=O) groups is 1. The van der Waals surface area contributed by atoms with E-state index in [1.807, 2.05) is 0 Å². The van der Waals surface area contributed by atoms with E-state index in [2.05, 4.69) is 10.6 Å². The van der Waals surface area contributed by atoms with E-state index in [9.17, 15) is 4.79 Å². The van der Waals surface area contributed by atoms with Crippen molar-refractivity contribution in [1.82, 2.24) is 10.6 Å². The minimum Gasteiger partial charge on any atom is -0.350 e. The minimum atomic E-state index is -0.154. The standard InChI is InChI=1S/C11H18N2O/c14-10-11(6-3-7-11)13-9-5-2-1-4-8(9)12-10/h8-9,13H,1-7H2,(H,12,14). The van der Waals surface area contributed by atoms with Crippen molar-refractivity contribution in [2.75, 3.05) is 0 Å². The average Bonchev–Trinajstić information content (AvgIpc) is 2.14. The van der Waals surface area contributed by atoms with Crippen LogP contribution in [0.5, 0.6) is 0 Å². The topological polar surface area (TPSA) is 41.1 Å². The Hall–Kier alpha value is -0.570. The van der Waals surface area contributed by atoms with Crippen molar-refractivity contribution in [3.8, 4) is 0 Å². The van der Waals surface area contributed by atoms with Crippen molar-refractivity contribution in [2.24, 2.45) is 0 Å². The summed E-state index contributed by atoms with van der Waals surface area (Å²) in [6.45, 7) is 0. The molecule has 0 aromatic carbocycles. The van der Waals surface area contributed by atoms with Gasteiger partial charge in [-0.25, -0.2) is 0 Å². The average molecular weight is 194 g/mol. The second-order valence-corrected chi connectivity index (χ2v) is 5.05. The summed E-state index contributed by atoms with van der Waals surface area (Å²) >= 11 is 0. The highest BCUT2D eigenvalue weighted by atomic mass is 16.2. The van der Waals surface area contributed by atoms with E-state index in [1.165, 1.54) is 32.1 Å². The first-order valence-corrected chi connectivity index (χ1v) is 5.89. The first kappa shape index (κ1) is 8.72. The Morgan fingerprint density at radius 3 is 2.43 bits per heavy atom. The first-order chi connectivity index (χ1) is 6.80. The van der Waals surface area contributed by atoms with Crippen LogP contribution in [-0.2, 0) is 4.79 Å². The maximum Gasteiger partial charge on any atom is 0.240 e. The SMILES string of the molecule is O=C1NC2CCCCC2NC12CCC2. The molecule has 2 saturated carbocycles. The maximum absolute atomic E-state index is 11.9. The van der Waals surface area contributed by atoms with Crippen LogP contribution in [0.2, 0.25) is 0 Å². The van der Waals surface area contributed by atoms with Crippen LogP contribution in [0.25, 0.3) is 0 Å². The molecule has 1 aliphatic heterocycles. The molecule has 3 aliphatic rings. The molecule has 14 heavy (non-hydrogen) atoms. The zero-order valence-electron chi connectivity index (χ0n) is 8.51. The Morgan fingerprint density at radius 1 is 1.07 bits per heavy atom. The predicted molar refractivity (Wildman–Crippen MR) is 53.9 cm³/mol. The molecule has 0 aromatic rings. The van der Waals surface area contributed by atoms with Crippen molar-refractivity contribution in [3.63, 3.8) is 0 Å². The molecule has 3 fully saturated rings. The third-order valence-corrected chi connectivity index (χ3v) is 4.19. The molecule has 3 rings (SSSR count). The number of rotatable bonds is 0. The molecule has 0 bridgehead atoms. The van der Waals surface area contributed by atoms with E-state index in [0.29, 0.717) is 12.1 Å². The second kappa shape index (κ2) is 2.96. The monoisotopic (exact) mass is 194 g/mol. The van der Waals surface area contributed by atoms with Crippen LogP contribution < -0.4 is 10.6 Å². The molecule has 78 valence electrons. The summed E-state index contributed by atoms with van der Waals surface area (Å²) in [6.07, 6.45) is 8.30. The summed E-state index contributed by atoms with van der Waals surface area (Å²) < 4.78 is 0. The predicted octanol–water partition coefficient (Wildman–Crippen LogP) is 0.940. The van der Waals surface area contributed by atoms with Gasteiger partial charge in [-0.15, -0.1) is 0 Å². The number of carbonyl (C=O) groups excluding carboxylic acids is 1. The lowest BCUT2D eigenvalue weighted by Crippen LogP contribution is -2.73. The molecule has 1 spiro atoms. The molecule has 3 nitrogen and oxygen atoms in total. The van der Waals surface area contributed by atoms with Crippen LogP contribution in [0.3, 0.4) is 0 Å². The zero-order chi connectivity index (χ0) is 9.60. The maximum atomic E-state index is 11.9. The van der Waals surface area contributed by atoms with Gasteiger partial charge in [0.05, 0.1) is 5.54 Å². The smallest absolute Gasteiger partial charge is 0.240 e. The molecule has 3 heteroatoms. The van der Waals surface area contributed by atoms with E-state index in [-0.39, 0.29) is 11.4 Å². The summed E-state index contributed by atoms with van der Waals surface area (Å²) in [4.78, 5) is 11.9. The van der Waals surface area contributed by atoms with Gasteiger partial charge in [-0.1, -0.05) is 12.8 Å². The number of hydrogen-bond acceptors (Lipinski definition) is 2. The van der Waals surface area contributed by atoms with Crippen LogP contribution in [-0.4, -0.2) is 23.5 Å². The third-order valence-electron chi connectivity index (χ3n) is 4.19. The van der Waals surface area contributed by atoms with Crippen LogP contribution in [0, 0.1) is 0 Å². The van der Waals surface area contributed by atoms with Gasteiger partial charge in [0.15, 0.2) is 0 Å². The summed E-state index contributed by atoms with van der Waals surface area (Å²) in [5.74, 6) is 0.270. The highest BCUT2D eigenvalue weighted by molar-refractivity contribution is 5.88. The molecular formula is C11H18N2O. The summed E-state index contributed by atoms with van der Waals surface area (Å²) in [6, 6.07) is 0.976. The molecule has 0 aromatic heterocycles. The Balaban J connectivity index is 1.78. The van der Waals surface area contributed by atoms with Crippen molar-refractivity contribution in [2.45, 2.75) is 62.6 Å². The van der Waals surface area contributed by atoms with E-state index >= 15 is 0 Å². The van der Waals surface area contributed by atoms with Gasteiger partial charge in [0, 0.05) is 12.1 Å². The fourth-order valence-corrected chi connectivity index (χ4v) is 3.11. The lowest BCUT2D eigenvalue weighted by atomic mass is 9.72. The third kappa shape index (κ3) is 1.11. The van der Waals surface area contributed by atoms with Gasteiger partial charge in [-0.2, -0.15) is 0 Å². The normalized spacial score (nSPS) is 39.9. The fourth-order valence-electron chi connectivity index (χ4n) is 3.11. The van der Waals surface area contributed by atoms with Crippen LogP contribution >= 0.6 is 0 Å². The number of nitrogens with one attached hydrogen (secondary N) is 2. The highest BCUT2D eigenvalue weighted by Crippen LogP contribution is 2.37. The number of amides is 1. The number of hydrogen-bond donors (Lipinski definition) is 2. The highest BCUT2D eigenvalue weighted by Gasteiger charge is 2.50. The van der Waals surface area contributed by atoms with Gasteiger partial charge in [0.1, 0.15) is 0 Å². The molecular weight excluding hydrogens is 176 g/mol. The van der Waals surface area contributed by atoms with Gasteiger partial charge >= 0.3 is 0 Å². The molecule has 2 N–H and O–H groups in total. The Bertz CT molecular complexity index is 260. The summed E-state index contributed by atoms with van der Waals surface area (Å²) in [5, 5.41) is 6.82. The second-order valence-electron chi connectivity index (χ2n) is 5.05. The lowest BCUT2D eigenvalue weighted by Gasteiger charge is -2.51. The zero-order valence-corrected chi connectivity index (χ0v) is 8.51. The van der Waals surface area contributed by atoms with Gasteiger partial charge < -0.3 is 5.32 Å². The van der Waals surface area contributed by atoms with Gasteiger partial charge in [-0.3, -0.25) is 10.1 Å². The van der Waals surface area contributed by atoms with Crippen molar-refractivity contribution in [3.05, 3.63) is 0 Å². The molecule has 0 radical (unpaired) electrons. The molecule has 2 unspecified atom stereocenters. The van der Waals surface area contributed by atoms with Crippen LogP contribution in [0.4, 0.5) is 0 Å². The first-order valence-electron chi connectivity index (χ1n) is 5.89. The van der Waals surface area contributed by atoms with Gasteiger partial charge in [-0.05, 0) is 32.1 Å². The minimum absolute atomic E-state index is 0.154. The van der Waals surface area contributed by atoms with E-state index < -0.39 is 0 Å². The Labute approximate surface area is 84.6 Å². The molecule has 2 aliphatic carbocycles. The van der Waals surface area contributed by atoms with Crippen molar-refractivity contribution >= 4 is 5.91 Å². The van der Waals surface area contributed by atoms with Crippen molar-refractivity contribution in [1.29, 1.82) is 0 Å². The summed E-state index contributed by atoms with van der Waals surface area (Å²) in [7, 11) is 0. The largest absolute Gasteiger partial charge is 0.350 e.